The van der Waals surface area contributed by atoms with Crippen LogP contribution in [0.2, 0.25) is 0 Å². The number of amides is 1. The second kappa shape index (κ2) is 6.89. The first-order valence-corrected chi connectivity index (χ1v) is 9.49. The van der Waals surface area contributed by atoms with Gasteiger partial charge < -0.3 is 31.3 Å². The average molecular weight is 449 g/mol. The Morgan fingerprint density at radius 3 is 2.47 bits per heavy atom. The molecule has 0 saturated heterocycles. The van der Waals surface area contributed by atoms with Crippen LogP contribution in [0, 0.1) is 11.8 Å². The maximum Gasteiger partial charge on any atom is 0.255 e. The Bertz CT molecular complexity index is 1340. The summed E-state index contributed by atoms with van der Waals surface area (Å²) in [6, 6.07) is 0.436. The SMILES string of the molecule is [2H]C1(N(C)C)C(=O)C(C(N)=O)=C(O)[C@@]2(O)C(=O)C3=C(O)c4c(O)cccc4C([2H])(C([2H])([2H])[2H])[C@H]3[C@H](O)[C@@H]12. The number of carbonyl (C=O) groups is 3. The van der Waals surface area contributed by atoms with E-state index >= 15 is 0 Å². The van der Waals surface area contributed by atoms with E-state index in [1.807, 2.05) is 0 Å². The average Bonchev–Trinajstić information content (AvgIpc) is 2.77. The van der Waals surface area contributed by atoms with Gasteiger partial charge in [-0.2, -0.15) is 0 Å². The van der Waals surface area contributed by atoms with Gasteiger partial charge in [-0.05, 0) is 31.6 Å². The Hall–Kier alpha value is -3.21. The number of carbonyl (C=O) groups excluding carboxylic acids is 3. The van der Waals surface area contributed by atoms with Crippen molar-refractivity contribution in [3.8, 4) is 5.75 Å². The van der Waals surface area contributed by atoms with Crippen LogP contribution in [0.4, 0.5) is 0 Å². The molecule has 1 saturated carbocycles. The number of aliphatic hydroxyl groups is 4. The normalized spacial score (nSPS) is 41.7. The predicted octanol–water partition coefficient (Wildman–Crippen LogP) is -0.504. The molecule has 32 heavy (non-hydrogen) atoms. The molecule has 7 N–H and O–H groups in total. The summed E-state index contributed by atoms with van der Waals surface area (Å²) >= 11 is 0. The summed E-state index contributed by atoms with van der Waals surface area (Å²) < 4.78 is 42.4. The zero-order valence-corrected chi connectivity index (χ0v) is 16.9. The maximum atomic E-state index is 13.9. The van der Waals surface area contributed by atoms with E-state index in [0.717, 1.165) is 31.1 Å². The summed E-state index contributed by atoms with van der Waals surface area (Å²) in [4.78, 5) is 40.1. The zero-order valence-electron chi connectivity index (χ0n) is 21.9. The van der Waals surface area contributed by atoms with Crippen molar-refractivity contribution in [1.29, 1.82) is 0 Å². The minimum Gasteiger partial charge on any atom is -0.508 e. The van der Waals surface area contributed by atoms with Gasteiger partial charge in [0.1, 0.15) is 22.8 Å². The van der Waals surface area contributed by atoms with Crippen molar-refractivity contribution in [2.24, 2.45) is 17.6 Å². The zero-order chi connectivity index (χ0) is 28.2. The molecule has 2 unspecified atom stereocenters. The summed E-state index contributed by atoms with van der Waals surface area (Å²) in [7, 11) is 2.27. The Morgan fingerprint density at radius 1 is 1.25 bits per heavy atom. The minimum atomic E-state index is -3.43. The number of primary amides is 1. The monoisotopic (exact) mass is 449 g/mol. The van der Waals surface area contributed by atoms with Crippen LogP contribution in [-0.2, 0) is 14.4 Å². The molecule has 10 nitrogen and oxygen atoms in total. The van der Waals surface area contributed by atoms with Crippen LogP contribution in [0.1, 0.15) is 30.7 Å². The first kappa shape index (κ1) is 16.4. The van der Waals surface area contributed by atoms with E-state index in [0.29, 0.717) is 0 Å². The van der Waals surface area contributed by atoms with Crippen molar-refractivity contribution in [2.75, 3.05) is 14.1 Å². The number of aliphatic hydroxyl groups excluding tert-OH is 3. The van der Waals surface area contributed by atoms with Crippen molar-refractivity contribution < 1.29 is 46.8 Å². The molecule has 0 heterocycles. The number of nitrogens with zero attached hydrogens (tertiary/aromatic N) is 1. The Labute approximate surface area is 189 Å². The number of rotatable bonds is 2. The van der Waals surface area contributed by atoms with Gasteiger partial charge in [-0.1, -0.05) is 19.0 Å². The first-order valence-electron chi connectivity index (χ1n) is 12.0. The lowest BCUT2D eigenvalue weighted by molar-refractivity contribution is -0.169. The van der Waals surface area contributed by atoms with Gasteiger partial charge in [0.2, 0.25) is 5.78 Å². The van der Waals surface area contributed by atoms with Gasteiger partial charge in [0, 0.05) is 17.0 Å². The molecule has 6 atom stereocenters. The third-order valence-corrected chi connectivity index (χ3v) is 6.25. The van der Waals surface area contributed by atoms with Crippen LogP contribution in [-0.4, -0.2) is 79.7 Å². The molecule has 1 aromatic rings. The van der Waals surface area contributed by atoms with E-state index in [-0.39, 0.29) is 0 Å². The number of nitrogens with two attached hydrogens (primary N) is 1. The summed E-state index contributed by atoms with van der Waals surface area (Å²) in [6.07, 6.45) is -2.42. The summed E-state index contributed by atoms with van der Waals surface area (Å²) in [6.45, 7) is -3.35. The highest BCUT2D eigenvalue weighted by molar-refractivity contribution is 6.24. The van der Waals surface area contributed by atoms with Gasteiger partial charge in [0.25, 0.3) is 5.91 Å². The number of phenolic OH excluding ortho intramolecular Hbond substituents is 1. The number of hydrogen-bond acceptors (Lipinski definition) is 9. The van der Waals surface area contributed by atoms with Crippen LogP contribution < -0.4 is 5.73 Å². The van der Waals surface area contributed by atoms with Crippen LogP contribution in [0.3, 0.4) is 0 Å². The predicted molar refractivity (Wildman–Crippen MR) is 110 cm³/mol. The fraction of sp³-hybridized carbons (Fsp3) is 0.409. The molecule has 1 aromatic carbocycles. The lowest BCUT2D eigenvalue weighted by Crippen LogP contribution is -2.70. The standard InChI is InChI=1S/C22H24N2O8/c1-7-8-5-4-6-9(25)11(8)16(26)12-10(7)17(27)14-15(24(2)3)18(28)13(21(23)31)20(30)22(14,32)19(12)29/h4-7,10,14-15,17,25-27,30,32H,1-3H3,(H2,23,31)/t7?,10-,14-,15?,17+,22+/m1/s1/i1D3,7D,15D. The number of benzene rings is 1. The van der Waals surface area contributed by atoms with E-state index < -0.39 is 99.3 Å². The first-order chi connectivity index (χ1) is 16.8. The van der Waals surface area contributed by atoms with Gasteiger partial charge in [0.05, 0.1) is 25.0 Å². The molecule has 1 fully saturated rings. The molecule has 0 spiro atoms. The molecule has 10 heteroatoms. The van der Waals surface area contributed by atoms with Gasteiger partial charge in [0.15, 0.2) is 11.4 Å². The molecule has 3 aliphatic rings. The molecular formula is C22H24N2O8. The second-order valence-corrected chi connectivity index (χ2v) is 8.11. The van der Waals surface area contributed by atoms with Crippen molar-refractivity contribution in [2.45, 2.75) is 30.5 Å². The topological polar surface area (TPSA) is 182 Å². The molecule has 1 amide bonds. The van der Waals surface area contributed by atoms with Crippen molar-refractivity contribution in [1.82, 2.24) is 4.90 Å². The number of fused-ring (bicyclic) bond motifs is 3. The lowest BCUT2D eigenvalue weighted by Gasteiger charge is -2.53. The Balaban J connectivity index is 2.21. The molecule has 0 bridgehead atoms. The number of aromatic hydroxyl groups is 1. The number of likely N-dealkylation sites (N-methyl/N-ethyl adjacent to an activating group) is 1. The van der Waals surface area contributed by atoms with Crippen molar-refractivity contribution in [3.63, 3.8) is 0 Å². The third kappa shape index (κ3) is 2.48. The molecular weight excluding hydrogens is 420 g/mol. The molecule has 4 rings (SSSR count). The maximum absolute atomic E-state index is 13.9. The lowest BCUT2D eigenvalue weighted by atomic mass is 9.54. The highest BCUT2D eigenvalue weighted by atomic mass is 16.4. The summed E-state index contributed by atoms with van der Waals surface area (Å²) in [5, 5.41) is 55.6. The van der Waals surface area contributed by atoms with E-state index in [9.17, 15) is 39.9 Å². The molecule has 0 aliphatic heterocycles. The summed E-state index contributed by atoms with van der Waals surface area (Å²) in [5.41, 5.74) is -1.68. The highest BCUT2D eigenvalue weighted by Gasteiger charge is 2.68. The van der Waals surface area contributed by atoms with Gasteiger partial charge in [-0.15, -0.1) is 0 Å². The Morgan fingerprint density at radius 2 is 1.91 bits per heavy atom. The highest BCUT2D eigenvalue weighted by Crippen LogP contribution is 2.55. The molecule has 3 aliphatic carbocycles. The van der Waals surface area contributed by atoms with E-state index in [1.165, 1.54) is 6.07 Å². The van der Waals surface area contributed by atoms with E-state index in [1.54, 1.807) is 0 Å². The van der Waals surface area contributed by atoms with Crippen LogP contribution in [0.15, 0.2) is 35.1 Å². The second-order valence-electron chi connectivity index (χ2n) is 8.11. The molecule has 0 aromatic heterocycles. The number of Topliss-reactive ketones (excluding diaryl/α,β-unsaturated/α-hetero) is 2. The number of hydrogen-bond donors (Lipinski definition) is 6. The van der Waals surface area contributed by atoms with Crippen molar-refractivity contribution in [3.05, 3.63) is 46.2 Å². The fourth-order valence-corrected chi connectivity index (χ4v) is 4.88. The Kier molecular flexibility index (Phi) is 3.54. The van der Waals surface area contributed by atoms with Crippen LogP contribution in [0.5, 0.6) is 5.75 Å². The number of phenols is 1. The quantitative estimate of drug-likeness (QED) is 0.324. The van der Waals surface area contributed by atoms with E-state index in [2.05, 4.69) is 0 Å². The van der Waals surface area contributed by atoms with E-state index in [4.69, 9.17) is 12.6 Å². The van der Waals surface area contributed by atoms with Crippen LogP contribution >= 0.6 is 0 Å². The minimum absolute atomic E-state index is 0.490. The third-order valence-electron chi connectivity index (χ3n) is 6.25. The van der Waals surface area contributed by atoms with Gasteiger partial charge in [-0.25, -0.2) is 0 Å². The molecule has 0 radical (unpaired) electrons. The largest absolute Gasteiger partial charge is 0.508 e. The number of ketones is 2. The summed E-state index contributed by atoms with van der Waals surface area (Å²) in [5.74, 6) is -15.7. The van der Waals surface area contributed by atoms with Gasteiger partial charge in [-0.3, -0.25) is 19.3 Å². The molecule has 170 valence electrons. The van der Waals surface area contributed by atoms with Gasteiger partial charge >= 0.3 is 0 Å². The van der Waals surface area contributed by atoms with Crippen LogP contribution in [0.25, 0.3) is 5.76 Å². The smallest absolute Gasteiger partial charge is 0.255 e. The fourth-order valence-electron chi connectivity index (χ4n) is 4.88. The van der Waals surface area contributed by atoms with Crippen molar-refractivity contribution >= 4 is 23.2 Å².